The molecule has 0 fully saturated rings. The summed E-state index contributed by atoms with van der Waals surface area (Å²) < 4.78 is 4.39. The van der Waals surface area contributed by atoms with E-state index in [0.29, 0.717) is 6.54 Å². The molecule has 1 amide bonds. The van der Waals surface area contributed by atoms with Crippen molar-refractivity contribution in [3.8, 4) is 0 Å². The predicted molar refractivity (Wildman–Crippen MR) is 91.1 cm³/mol. The maximum Gasteiger partial charge on any atom is 0.246 e. The largest absolute Gasteiger partial charge is 0.324 e. The molecule has 6 nitrogen and oxygen atoms in total. The molecule has 0 saturated carbocycles. The number of anilines is 1. The molecule has 0 aliphatic rings. The van der Waals surface area contributed by atoms with Crippen molar-refractivity contribution in [3.63, 3.8) is 0 Å². The van der Waals surface area contributed by atoms with Gasteiger partial charge in [-0.05, 0) is 46.6 Å². The Morgan fingerprint density at radius 1 is 1.30 bits per heavy atom. The third-order valence-electron chi connectivity index (χ3n) is 3.24. The Hall–Kier alpha value is -2.41. The summed E-state index contributed by atoms with van der Waals surface area (Å²) in [4.78, 5) is 12.1. The highest BCUT2D eigenvalue weighted by Gasteiger charge is 2.06. The molecule has 23 heavy (non-hydrogen) atoms. The Balaban J connectivity index is 1.63. The number of carbonyl (C=O) groups excluding carboxylic acids is 1. The van der Waals surface area contributed by atoms with Crippen molar-refractivity contribution < 1.29 is 4.79 Å². The number of aromatic nitrogens is 4. The normalized spacial score (nSPS) is 10.7. The molecule has 3 aromatic rings. The van der Waals surface area contributed by atoms with Gasteiger partial charge in [0.1, 0.15) is 6.54 Å². The molecule has 1 aromatic carbocycles. The summed E-state index contributed by atoms with van der Waals surface area (Å²) in [6.45, 7) is 2.74. The number of hydrogen-bond acceptors (Lipinski definition) is 3. The number of hydrogen-bond donors (Lipinski definition) is 1. The molecular weight excluding hydrogens is 358 g/mol. The summed E-state index contributed by atoms with van der Waals surface area (Å²) in [6, 6.07) is 9.61. The van der Waals surface area contributed by atoms with Crippen LogP contribution in [0, 0.1) is 6.92 Å². The number of amides is 1. The molecule has 2 aromatic heterocycles. The van der Waals surface area contributed by atoms with Gasteiger partial charge in [0.25, 0.3) is 0 Å². The van der Waals surface area contributed by atoms with Crippen LogP contribution < -0.4 is 5.32 Å². The minimum absolute atomic E-state index is 0.105. The molecule has 1 N–H and O–H groups in total. The van der Waals surface area contributed by atoms with Crippen molar-refractivity contribution >= 4 is 27.5 Å². The van der Waals surface area contributed by atoms with Crippen LogP contribution in [0.25, 0.3) is 0 Å². The van der Waals surface area contributed by atoms with Gasteiger partial charge in [-0.15, -0.1) is 0 Å². The summed E-state index contributed by atoms with van der Waals surface area (Å²) in [7, 11) is 0. The van der Waals surface area contributed by atoms with Crippen LogP contribution in [0.5, 0.6) is 0 Å². The first-order chi connectivity index (χ1) is 11.1. The molecule has 0 aliphatic carbocycles. The van der Waals surface area contributed by atoms with Crippen LogP contribution in [-0.2, 0) is 17.9 Å². The van der Waals surface area contributed by atoms with E-state index < -0.39 is 0 Å². The Morgan fingerprint density at radius 3 is 2.87 bits per heavy atom. The molecule has 3 rings (SSSR count). The summed E-state index contributed by atoms with van der Waals surface area (Å²) >= 11 is 3.38. The lowest BCUT2D eigenvalue weighted by atomic mass is 10.2. The van der Waals surface area contributed by atoms with Crippen LogP contribution in [0.2, 0.25) is 0 Å². The number of rotatable bonds is 5. The third kappa shape index (κ3) is 4.29. The van der Waals surface area contributed by atoms with E-state index >= 15 is 0 Å². The number of aryl methyl sites for hydroxylation is 1. The van der Waals surface area contributed by atoms with Crippen molar-refractivity contribution in [1.29, 1.82) is 0 Å². The van der Waals surface area contributed by atoms with Gasteiger partial charge in [0.05, 0.1) is 22.9 Å². The average molecular weight is 374 g/mol. The molecule has 2 heterocycles. The zero-order chi connectivity index (χ0) is 16.2. The van der Waals surface area contributed by atoms with Crippen LogP contribution in [0.4, 0.5) is 5.69 Å². The molecule has 0 radical (unpaired) electrons. The molecule has 7 heteroatoms. The van der Waals surface area contributed by atoms with Gasteiger partial charge in [-0.25, -0.2) is 0 Å². The predicted octanol–water partition coefficient (Wildman–Crippen LogP) is 2.84. The van der Waals surface area contributed by atoms with Crippen molar-refractivity contribution in [2.45, 2.75) is 20.0 Å². The van der Waals surface area contributed by atoms with E-state index in [1.165, 1.54) is 0 Å². The quantitative estimate of drug-likeness (QED) is 0.747. The fraction of sp³-hybridized carbons (Fsp3) is 0.188. The summed E-state index contributed by atoms with van der Waals surface area (Å²) in [5.41, 5.74) is 2.72. The highest BCUT2D eigenvalue weighted by Crippen LogP contribution is 2.13. The first-order valence-corrected chi connectivity index (χ1v) is 7.94. The van der Waals surface area contributed by atoms with Crippen LogP contribution in [0.15, 0.2) is 53.4 Å². The van der Waals surface area contributed by atoms with Gasteiger partial charge < -0.3 is 5.32 Å². The summed E-state index contributed by atoms with van der Waals surface area (Å²) in [6.07, 6.45) is 5.45. The minimum Gasteiger partial charge on any atom is -0.324 e. The van der Waals surface area contributed by atoms with E-state index in [0.717, 1.165) is 21.4 Å². The second-order valence-corrected chi connectivity index (χ2v) is 6.18. The monoisotopic (exact) mass is 373 g/mol. The maximum absolute atomic E-state index is 12.1. The van der Waals surface area contributed by atoms with Crippen LogP contribution in [0.1, 0.15) is 11.3 Å². The molecule has 0 spiro atoms. The molecule has 0 unspecified atom stereocenters. The fourth-order valence-corrected chi connectivity index (χ4v) is 2.59. The van der Waals surface area contributed by atoms with Gasteiger partial charge in [-0.2, -0.15) is 10.2 Å². The molecule has 0 bridgehead atoms. The SMILES string of the molecule is Cc1ccn(CC(=O)Nc2cccc(Cn3cc(Br)cn3)c2)n1. The molecule has 0 aliphatic heterocycles. The van der Waals surface area contributed by atoms with Crippen LogP contribution in [0.3, 0.4) is 0 Å². The summed E-state index contributed by atoms with van der Waals surface area (Å²) in [5, 5.41) is 11.3. The van der Waals surface area contributed by atoms with Crippen molar-refractivity contribution in [1.82, 2.24) is 19.6 Å². The van der Waals surface area contributed by atoms with Gasteiger partial charge >= 0.3 is 0 Å². The smallest absolute Gasteiger partial charge is 0.246 e. The first kappa shape index (κ1) is 15.5. The Morgan fingerprint density at radius 2 is 2.17 bits per heavy atom. The van der Waals surface area contributed by atoms with Gasteiger partial charge in [0.2, 0.25) is 5.91 Å². The Kier molecular flexibility index (Phi) is 4.57. The molecule has 0 saturated heterocycles. The molecular formula is C16H16BrN5O. The van der Waals surface area contributed by atoms with E-state index in [1.54, 1.807) is 17.1 Å². The lowest BCUT2D eigenvalue weighted by Crippen LogP contribution is -2.19. The maximum atomic E-state index is 12.1. The minimum atomic E-state index is -0.105. The zero-order valence-corrected chi connectivity index (χ0v) is 14.2. The molecule has 0 atom stereocenters. The first-order valence-electron chi connectivity index (χ1n) is 7.15. The highest BCUT2D eigenvalue weighted by molar-refractivity contribution is 9.10. The number of halogens is 1. The topological polar surface area (TPSA) is 64.7 Å². The van der Waals surface area contributed by atoms with Crippen molar-refractivity contribution in [3.05, 3.63) is 64.7 Å². The zero-order valence-electron chi connectivity index (χ0n) is 12.6. The standard InChI is InChI=1S/C16H16BrN5O/c1-12-5-6-21(20-12)11-16(23)19-15-4-2-3-13(7-15)9-22-10-14(17)8-18-22/h2-8,10H,9,11H2,1H3,(H,19,23). The Labute approximate surface area is 142 Å². The van der Waals surface area contributed by atoms with Gasteiger partial charge in [-0.3, -0.25) is 14.2 Å². The van der Waals surface area contributed by atoms with Gasteiger partial charge in [0.15, 0.2) is 0 Å². The number of carbonyl (C=O) groups is 1. The van der Waals surface area contributed by atoms with Crippen LogP contribution >= 0.6 is 15.9 Å². The van der Waals surface area contributed by atoms with Crippen molar-refractivity contribution in [2.24, 2.45) is 0 Å². The fourth-order valence-electron chi connectivity index (χ4n) is 2.26. The number of benzene rings is 1. The lowest BCUT2D eigenvalue weighted by molar-refractivity contribution is -0.116. The second-order valence-electron chi connectivity index (χ2n) is 5.26. The van der Waals surface area contributed by atoms with E-state index in [9.17, 15) is 4.79 Å². The van der Waals surface area contributed by atoms with Crippen molar-refractivity contribution in [2.75, 3.05) is 5.32 Å². The van der Waals surface area contributed by atoms with E-state index in [4.69, 9.17) is 0 Å². The number of nitrogens with one attached hydrogen (secondary N) is 1. The van der Waals surface area contributed by atoms with E-state index in [1.807, 2.05) is 48.1 Å². The van der Waals surface area contributed by atoms with Gasteiger partial charge in [-0.1, -0.05) is 12.1 Å². The van der Waals surface area contributed by atoms with E-state index in [2.05, 4.69) is 31.4 Å². The van der Waals surface area contributed by atoms with E-state index in [-0.39, 0.29) is 12.5 Å². The number of nitrogens with zero attached hydrogens (tertiary/aromatic N) is 4. The van der Waals surface area contributed by atoms with Gasteiger partial charge in [0, 0.05) is 18.1 Å². The third-order valence-corrected chi connectivity index (χ3v) is 3.65. The second kappa shape index (κ2) is 6.78. The lowest BCUT2D eigenvalue weighted by Gasteiger charge is -2.08. The average Bonchev–Trinajstić information content (AvgIpc) is 3.08. The highest BCUT2D eigenvalue weighted by atomic mass is 79.9. The van der Waals surface area contributed by atoms with Crippen LogP contribution in [-0.4, -0.2) is 25.5 Å². The summed E-state index contributed by atoms with van der Waals surface area (Å²) in [5.74, 6) is -0.105. The molecule has 118 valence electrons. The Bertz CT molecular complexity index is 823.